The van der Waals surface area contributed by atoms with Crippen molar-refractivity contribution in [3.63, 3.8) is 0 Å². The molecule has 4 rings (SSSR count). The number of hydrogen-bond acceptors (Lipinski definition) is 4. The van der Waals surface area contributed by atoms with E-state index in [4.69, 9.17) is 4.42 Å². The van der Waals surface area contributed by atoms with E-state index in [2.05, 4.69) is 23.1 Å². The third kappa shape index (κ3) is 2.62. The molecule has 0 aliphatic heterocycles. The lowest BCUT2D eigenvalue weighted by Gasteiger charge is -2.25. The molecule has 0 radical (unpaired) electrons. The number of benzene rings is 3. The number of phenolic OH excluding ortho intramolecular Hbond substituents is 1. The molecule has 1 heterocycles. The summed E-state index contributed by atoms with van der Waals surface area (Å²) in [6, 6.07) is 20.7. The summed E-state index contributed by atoms with van der Waals surface area (Å²) in [6.07, 6.45) is 0. The maximum absolute atomic E-state index is 12.1. The van der Waals surface area contributed by atoms with E-state index in [9.17, 15) is 9.90 Å². The molecular weight excluding hydrogens is 314 g/mol. The highest BCUT2D eigenvalue weighted by Crippen LogP contribution is 2.36. The van der Waals surface area contributed by atoms with E-state index in [0.29, 0.717) is 12.1 Å². The van der Waals surface area contributed by atoms with Crippen molar-refractivity contribution in [2.24, 2.45) is 0 Å². The quantitative estimate of drug-likeness (QED) is 0.547. The average Bonchev–Trinajstić information content (AvgIpc) is 2.62. The zero-order valence-corrected chi connectivity index (χ0v) is 13.8. The third-order valence-corrected chi connectivity index (χ3v) is 4.37. The largest absolute Gasteiger partial charge is 0.508 e. The second kappa shape index (κ2) is 5.98. The second-order valence-electron chi connectivity index (χ2n) is 5.87. The molecule has 4 aromatic rings. The van der Waals surface area contributed by atoms with Gasteiger partial charge in [0, 0.05) is 35.1 Å². The average molecular weight is 331 g/mol. The maximum Gasteiger partial charge on any atom is 0.338 e. The van der Waals surface area contributed by atoms with Crippen LogP contribution in [0.4, 0.5) is 11.4 Å². The Morgan fingerprint density at radius 1 is 0.920 bits per heavy atom. The fraction of sp³-hybridized carbons (Fsp3) is 0.0952. The van der Waals surface area contributed by atoms with Gasteiger partial charge in [-0.3, -0.25) is 0 Å². The van der Waals surface area contributed by atoms with E-state index in [1.807, 2.05) is 31.2 Å². The molecule has 124 valence electrons. The van der Waals surface area contributed by atoms with Crippen molar-refractivity contribution in [2.75, 3.05) is 11.4 Å². The Hall–Kier alpha value is -3.27. The molecule has 4 heteroatoms. The molecule has 25 heavy (non-hydrogen) atoms. The first-order valence-corrected chi connectivity index (χ1v) is 8.19. The molecule has 1 aromatic heterocycles. The van der Waals surface area contributed by atoms with Crippen LogP contribution in [0.25, 0.3) is 21.7 Å². The highest BCUT2D eigenvalue weighted by molar-refractivity contribution is 6.00. The topological polar surface area (TPSA) is 53.7 Å². The smallest absolute Gasteiger partial charge is 0.338 e. The summed E-state index contributed by atoms with van der Waals surface area (Å²) in [5, 5.41) is 12.7. The van der Waals surface area contributed by atoms with E-state index in [-0.39, 0.29) is 5.75 Å². The van der Waals surface area contributed by atoms with Gasteiger partial charge in [0.2, 0.25) is 0 Å². The fourth-order valence-electron chi connectivity index (χ4n) is 3.27. The predicted octanol–water partition coefficient (Wildman–Crippen LogP) is 4.81. The minimum atomic E-state index is -0.438. The molecule has 0 bridgehead atoms. The van der Waals surface area contributed by atoms with Crippen LogP contribution in [0.1, 0.15) is 6.92 Å². The molecule has 0 spiro atoms. The molecule has 0 unspecified atom stereocenters. The molecule has 0 fully saturated rings. The molecule has 0 saturated carbocycles. The zero-order chi connectivity index (χ0) is 17.4. The Labute approximate surface area is 144 Å². The number of phenols is 1. The summed E-state index contributed by atoms with van der Waals surface area (Å²) in [4.78, 5) is 14.2. The minimum Gasteiger partial charge on any atom is -0.508 e. The third-order valence-electron chi connectivity index (χ3n) is 4.37. The summed E-state index contributed by atoms with van der Waals surface area (Å²) in [5.41, 5.74) is 1.73. The van der Waals surface area contributed by atoms with Gasteiger partial charge in [-0.25, -0.2) is 4.79 Å². The van der Waals surface area contributed by atoms with E-state index < -0.39 is 5.63 Å². The summed E-state index contributed by atoms with van der Waals surface area (Å²) in [6.45, 7) is 2.73. The van der Waals surface area contributed by atoms with Gasteiger partial charge in [0.15, 0.2) is 0 Å². The summed E-state index contributed by atoms with van der Waals surface area (Å²) >= 11 is 0. The summed E-state index contributed by atoms with van der Waals surface area (Å²) in [5.74, 6) is 0.0704. The molecule has 0 amide bonds. The zero-order valence-electron chi connectivity index (χ0n) is 13.8. The van der Waals surface area contributed by atoms with Gasteiger partial charge in [0.25, 0.3) is 0 Å². The van der Waals surface area contributed by atoms with Gasteiger partial charge < -0.3 is 14.4 Å². The fourth-order valence-corrected chi connectivity index (χ4v) is 3.27. The Morgan fingerprint density at radius 2 is 1.72 bits per heavy atom. The monoisotopic (exact) mass is 331 g/mol. The molecule has 4 nitrogen and oxygen atoms in total. The molecule has 1 N–H and O–H groups in total. The van der Waals surface area contributed by atoms with Crippen molar-refractivity contribution in [2.45, 2.75) is 6.92 Å². The summed E-state index contributed by atoms with van der Waals surface area (Å²) < 4.78 is 5.26. The lowest BCUT2D eigenvalue weighted by atomic mass is 10.1. The van der Waals surface area contributed by atoms with Crippen molar-refractivity contribution >= 4 is 33.1 Å². The Morgan fingerprint density at radius 3 is 2.56 bits per heavy atom. The van der Waals surface area contributed by atoms with E-state index >= 15 is 0 Å². The molecule has 0 aliphatic carbocycles. The maximum atomic E-state index is 12.1. The first-order chi connectivity index (χ1) is 12.2. The SMILES string of the molecule is CCN(c1cccc2ccccc12)c1cc(=O)oc2cc(O)ccc12. The Balaban J connectivity index is 2.01. The highest BCUT2D eigenvalue weighted by atomic mass is 16.4. The van der Waals surface area contributed by atoms with Gasteiger partial charge in [0.05, 0.1) is 5.69 Å². The first kappa shape index (κ1) is 15.3. The van der Waals surface area contributed by atoms with E-state index in [0.717, 1.165) is 27.5 Å². The lowest BCUT2D eigenvalue weighted by molar-refractivity contribution is 0.473. The van der Waals surface area contributed by atoms with Gasteiger partial charge in [-0.05, 0) is 30.5 Å². The minimum absolute atomic E-state index is 0.0704. The number of aromatic hydroxyl groups is 1. The number of nitrogens with zero attached hydrogens (tertiary/aromatic N) is 1. The number of rotatable bonds is 3. The highest BCUT2D eigenvalue weighted by Gasteiger charge is 2.16. The van der Waals surface area contributed by atoms with Crippen LogP contribution < -0.4 is 10.5 Å². The molecule has 0 atom stereocenters. The van der Waals surface area contributed by atoms with Gasteiger partial charge in [-0.2, -0.15) is 0 Å². The van der Waals surface area contributed by atoms with Gasteiger partial charge in [0.1, 0.15) is 11.3 Å². The summed E-state index contributed by atoms with van der Waals surface area (Å²) in [7, 11) is 0. The van der Waals surface area contributed by atoms with Crippen molar-refractivity contribution in [3.8, 4) is 5.75 Å². The van der Waals surface area contributed by atoms with Gasteiger partial charge in [-0.15, -0.1) is 0 Å². The van der Waals surface area contributed by atoms with Crippen LogP contribution in [0.5, 0.6) is 5.75 Å². The van der Waals surface area contributed by atoms with Crippen molar-refractivity contribution in [3.05, 3.63) is 77.2 Å². The van der Waals surface area contributed by atoms with Crippen LogP contribution in [0.15, 0.2) is 75.9 Å². The van der Waals surface area contributed by atoms with E-state index in [1.54, 1.807) is 12.1 Å². The van der Waals surface area contributed by atoms with Crippen molar-refractivity contribution < 1.29 is 9.52 Å². The second-order valence-corrected chi connectivity index (χ2v) is 5.87. The predicted molar refractivity (Wildman–Crippen MR) is 101 cm³/mol. The molecule has 0 saturated heterocycles. The molecule has 0 aliphatic rings. The van der Waals surface area contributed by atoms with E-state index in [1.165, 1.54) is 12.1 Å². The number of hydrogen-bond donors (Lipinski definition) is 1. The molecular formula is C21H17NO3. The standard InChI is InChI=1S/C21H17NO3/c1-2-22(18-9-5-7-14-6-3-4-8-16(14)18)19-13-21(24)25-20-12-15(23)10-11-17(19)20/h3-13,23H,2H2,1H3. The number of fused-ring (bicyclic) bond motifs is 2. The first-order valence-electron chi connectivity index (χ1n) is 8.19. The molecule has 3 aromatic carbocycles. The number of anilines is 2. The van der Waals surface area contributed by atoms with Crippen LogP contribution in [0, 0.1) is 0 Å². The van der Waals surface area contributed by atoms with Crippen LogP contribution in [0.3, 0.4) is 0 Å². The normalized spacial score (nSPS) is 11.1. The van der Waals surface area contributed by atoms with Crippen molar-refractivity contribution in [1.29, 1.82) is 0 Å². The van der Waals surface area contributed by atoms with Gasteiger partial charge >= 0.3 is 5.63 Å². The van der Waals surface area contributed by atoms with Gasteiger partial charge in [-0.1, -0.05) is 36.4 Å². The van der Waals surface area contributed by atoms with Crippen LogP contribution >= 0.6 is 0 Å². The Kier molecular flexibility index (Phi) is 3.65. The van der Waals surface area contributed by atoms with Crippen LogP contribution in [-0.2, 0) is 0 Å². The Bertz CT molecular complexity index is 1130. The van der Waals surface area contributed by atoms with Crippen LogP contribution in [0.2, 0.25) is 0 Å². The van der Waals surface area contributed by atoms with Crippen LogP contribution in [-0.4, -0.2) is 11.7 Å². The lowest BCUT2D eigenvalue weighted by Crippen LogP contribution is -2.18. The van der Waals surface area contributed by atoms with Crippen molar-refractivity contribution in [1.82, 2.24) is 0 Å².